The number of hydrogen-bond acceptors (Lipinski definition) is 5. The Labute approximate surface area is 162 Å². The minimum atomic E-state index is 0.281. The number of nitrogens with one attached hydrogen (secondary N) is 2. The van der Waals surface area contributed by atoms with Crippen LogP contribution in [0.2, 0.25) is 0 Å². The van der Waals surface area contributed by atoms with Gasteiger partial charge in [0.25, 0.3) is 0 Å². The van der Waals surface area contributed by atoms with Crippen molar-refractivity contribution < 1.29 is 4.52 Å². The Morgan fingerprint density at radius 2 is 1.93 bits per heavy atom. The minimum absolute atomic E-state index is 0.281. The number of hydrogen-bond donors (Lipinski definition) is 2. The van der Waals surface area contributed by atoms with Crippen molar-refractivity contribution in [1.82, 2.24) is 20.8 Å². The van der Waals surface area contributed by atoms with E-state index in [0.717, 1.165) is 37.8 Å². The van der Waals surface area contributed by atoms with Gasteiger partial charge in [0, 0.05) is 51.3 Å². The van der Waals surface area contributed by atoms with Crippen molar-refractivity contribution in [3.05, 3.63) is 42.0 Å². The number of aromatic nitrogens is 2. The summed E-state index contributed by atoms with van der Waals surface area (Å²) in [6, 6.07) is 10.5. The first kappa shape index (κ1) is 20.7. The highest BCUT2D eigenvalue weighted by molar-refractivity contribution is 5.79. The fourth-order valence-corrected chi connectivity index (χ4v) is 2.70. The van der Waals surface area contributed by atoms with Crippen LogP contribution in [-0.4, -0.2) is 49.3 Å². The second-order valence-electron chi connectivity index (χ2n) is 6.65. The third-order valence-electron chi connectivity index (χ3n) is 4.26. The maximum atomic E-state index is 5.25. The predicted molar refractivity (Wildman–Crippen MR) is 110 cm³/mol. The lowest BCUT2D eigenvalue weighted by atomic mass is 10.2. The average Bonchev–Trinajstić information content (AvgIpc) is 3.16. The molecule has 0 fully saturated rings. The summed E-state index contributed by atoms with van der Waals surface area (Å²) in [4.78, 5) is 11.0. The van der Waals surface area contributed by atoms with Crippen molar-refractivity contribution in [2.24, 2.45) is 4.99 Å². The number of benzene rings is 1. The molecule has 0 radical (unpaired) electrons. The summed E-state index contributed by atoms with van der Waals surface area (Å²) >= 11 is 0. The molecule has 2 N–H and O–H groups in total. The number of aliphatic imine (C=N–C) groups is 1. The fraction of sp³-hybridized carbons (Fsp3) is 0.550. The summed E-state index contributed by atoms with van der Waals surface area (Å²) < 4.78 is 5.25. The Balaban J connectivity index is 1.66. The van der Waals surface area contributed by atoms with Crippen LogP contribution in [0.25, 0.3) is 0 Å². The number of nitrogens with zero attached hydrogens (tertiary/aromatic N) is 4. The molecule has 1 aromatic heterocycles. The summed E-state index contributed by atoms with van der Waals surface area (Å²) in [6.07, 6.45) is 1.71. The van der Waals surface area contributed by atoms with Gasteiger partial charge in [-0.1, -0.05) is 37.2 Å². The highest BCUT2D eigenvalue weighted by Crippen LogP contribution is 2.12. The van der Waals surface area contributed by atoms with Crippen molar-refractivity contribution in [2.45, 2.75) is 39.5 Å². The third-order valence-corrected chi connectivity index (χ3v) is 4.26. The zero-order valence-corrected chi connectivity index (χ0v) is 16.9. The molecule has 0 saturated heterocycles. The van der Waals surface area contributed by atoms with Gasteiger partial charge in [0.15, 0.2) is 11.8 Å². The molecule has 0 amide bonds. The van der Waals surface area contributed by atoms with Crippen LogP contribution in [0.3, 0.4) is 0 Å². The Kier molecular flexibility index (Phi) is 8.61. The molecule has 1 aromatic carbocycles. The van der Waals surface area contributed by atoms with Gasteiger partial charge in [-0.2, -0.15) is 4.98 Å². The zero-order chi connectivity index (χ0) is 19.5. The molecule has 0 unspecified atom stereocenters. The Morgan fingerprint density at radius 3 is 2.56 bits per heavy atom. The van der Waals surface area contributed by atoms with Gasteiger partial charge in [-0.3, -0.25) is 4.99 Å². The van der Waals surface area contributed by atoms with Gasteiger partial charge >= 0.3 is 0 Å². The molecule has 7 nitrogen and oxygen atoms in total. The van der Waals surface area contributed by atoms with Crippen molar-refractivity contribution >= 4 is 11.6 Å². The quantitative estimate of drug-likeness (QED) is 0.379. The molecule has 0 spiro atoms. The molecule has 27 heavy (non-hydrogen) atoms. The van der Waals surface area contributed by atoms with Crippen LogP contribution >= 0.6 is 0 Å². The van der Waals surface area contributed by atoms with Crippen LogP contribution in [0.15, 0.2) is 39.8 Å². The largest absolute Gasteiger partial charge is 0.372 e. The van der Waals surface area contributed by atoms with E-state index in [1.165, 1.54) is 5.69 Å². The third kappa shape index (κ3) is 6.92. The van der Waals surface area contributed by atoms with Gasteiger partial charge < -0.3 is 20.1 Å². The second kappa shape index (κ2) is 11.2. The highest BCUT2D eigenvalue weighted by atomic mass is 16.5. The summed E-state index contributed by atoms with van der Waals surface area (Å²) in [5.41, 5.74) is 1.27. The van der Waals surface area contributed by atoms with Gasteiger partial charge in [0.2, 0.25) is 5.89 Å². The van der Waals surface area contributed by atoms with E-state index in [4.69, 9.17) is 4.52 Å². The molecule has 0 aliphatic rings. The van der Waals surface area contributed by atoms with Gasteiger partial charge in [0.05, 0.1) is 0 Å². The maximum Gasteiger partial charge on any atom is 0.228 e. The topological polar surface area (TPSA) is 78.6 Å². The minimum Gasteiger partial charge on any atom is -0.372 e. The molecule has 2 aromatic rings. The summed E-state index contributed by atoms with van der Waals surface area (Å²) in [6.45, 7) is 9.85. The first-order valence-corrected chi connectivity index (χ1v) is 9.71. The summed E-state index contributed by atoms with van der Waals surface area (Å²) in [7, 11) is 1.78. The molecule has 148 valence electrons. The van der Waals surface area contributed by atoms with Crippen LogP contribution < -0.4 is 15.5 Å². The molecule has 7 heteroatoms. The Morgan fingerprint density at radius 1 is 1.19 bits per heavy atom. The summed E-state index contributed by atoms with van der Waals surface area (Å²) in [5.74, 6) is 2.49. The van der Waals surface area contributed by atoms with Gasteiger partial charge in [0.1, 0.15) is 0 Å². The molecule has 1 heterocycles. The van der Waals surface area contributed by atoms with E-state index < -0.39 is 0 Å². The monoisotopic (exact) mass is 372 g/mol. The first-order chi connectivity index (χ1) is 13.1. The van der Waals surface area contributed by atoms with Gasteiger partial charge in [-0.05, 0) is 25.5 Å². The van der Waals surface area contributed by atoms with Crippen molar-refractivity contribution in [1.29, 1.82) is 0 Å². The molecule has 0 atom stereocenters. The average molecular weight is 373 g/mol. The predicted octanol–water partition coefficient (Wildman–Crippen LogP) is 2.82. The van der Waals surface area contributed by atoms with E-state index in [1.54, 1.807) is 7.05 Å². The molecule has 0 aliphatic heterocycles. The molecular weight excluding hydrogens is 340 g/mol. The standard InChI is InChI=1S/C20H32N6O/c1-5-26(17-10-7-6-8-11-17)15-9-13-22-20(21-4)23-14-12-18-24-19(16(2)3)25-27-18/h6-8,10-11,16H,5,9,12-15H2,1-4H3,(H2,21,22,23). The van der Waals surface area contributed by atoms with Crippen molar-refractivity contribution in [3.8, 4) is 0 Å². The summed E-state index contributed by atoms with van der Waals surface area (Å²) in [5, 5.41) is 10.6. The van der Waals surface area contributed by atoms with Crippen LogP contribution in [0.5, 0.6) is 0 Å². The highest BCUT2D eigenvalue weighted by Gasteiger charge is 2.09. The lowest BCUT2D eigenvalue weighted by Gasteiger charge is -2.23. The Bertz CT molecular complexity index is 683. The molecular formula is C20H32N6O. The molecule has 0 bridgehead atoms. The van der Waals surface area contributed by atoms with E-state index >= 15 is 0 Å². The van der Waals surface area contributed by atoms with Crippen LogP contribution in [0.1, 0.15) is 44.8 Å². The number of guanidine groups is 1. The van der Waals surface area contributed by atoms with E-state index in [1.807, 2.05) is 6.07 Å². The lowest BCUT2D eigenvalue weighted by molar-refractivity contribution is 0.371. The smallest absolute Gasteiger partial charge is 0.228 e. The first-order valence-electron chi connectivity index (χ1n) is 9.71. The second-order valence-corrected chi connectivity index (χ2v) is 6.65. The van der Waals surface area contributed by atoms with Crippen LogP contribution in [-0.2, 0) is 6.42 Å². The normalized spacial score (nSPS) is 11.7. The van der Waals surface area contributed by atoms with Crippen LogP contribution in [0.4, 0.5) is 5.69 Å². The van der Waals surface area contributed by atoms with E-state index in [-0.39, 0.29) is 5.92 Å². The van der Waals surface area contributed by atoms with E-state index in [0.29, 0.717) is 18.9 Å². The van der Waals surface area contributed by atoms with Gasteiger partial charge in [-0.15, -0.1) is 0 Å². The fourth-order valence-electron chi connectivity index (χ4n) is 2.70. The SMILES string of the molecule is CCN(CCCNC(=NC)NCCc1nc(C(C)C)no1)c1ccccc1. The maximum absolute atomic E-state index is 5.25. The van der Waals surface area contributed by atoms with E-state index in [2.05, 4.69) is 75.7 Å². The van der Waals surface area contributed by atoms with Gasteiger partial charge in [-0.25, -0.2) is 0 Å². The Hall–Kier alpha value is -2.57. The number of anilines is 1. The number of para-hydroxylation sites is 1. The number of rotatable bonds is 10. The zero-order valence-electron chi connectivity index (χ0n) is 16.9. The van der Waals surface area contributed by atoms with E-state index in [9.17, 15) is 0 Å². The molecule has 0 saturated carbocycles. The molecule has 0 aliphatic carbocycles. The van der Waals surface area contributed by atoms with Crippen LogP contribution in [0, 0.1) is 0 Å². The molecule has 2 rings (SSSR count). The lowest BCUT2D eigenvalue weighted by Crippen LogP contribution is -2.39. The van der Waals surface area contributed by atoms with Crippen molar-refractivity contribution in [2.75, 3.05) is 38.1 Å². The van der Waals surface area contributed by atoms with Crippen molar-refractivity contribution in [3.63, 3.8) is 0 Å².